The topological polar surface area (TPSA) is 95.4 Å². The number of hydrogen-bond donors (Lipinski definition) is 2. The molecular formula is C24H26N6O2. The number of carbonyl (C=O) groups is 1. The number of fused-ring (bicyclic) bond motifs is 2. The van der Waals surface area contributed by atoms with Crippen molar-refractivity contribution in [3.8, 4) is 0 Å². The van der Waals surface area contributed by atoms with Crippen molar-refractivity contribution in [1.29, 1.82) is 0 Å². The van der Waals surface area contributed by atoms with E-state index in [2.05, 4.69) is 26.0 Å². The first kappa shape index (κ1) is 19.3. The van der Waals surface area contributed by atoms with Crippen LogP contribution in [-0.2, 0) is 17.9 Å². The van der Waals surface area contributed by atoms with E-state index < -0.39 is 0 Å². The summed E-state index contributed by atoms with van der Waals surface area (Å²) in [5.74, 6) is 1.07. The summed E-state index contributed by atoms with van der Waals surface area (Å²) in [5.41, 5.74) is 5.17. The minimum Gasteiger partial charge on any atom is -0.338 e. The zero-order valence-corrected chi connectivity index (χ0v) is 18.1. The quantitative estimate of drug-likeness (QED) is 0.662. The fourth-order valence-electron chi connectivity index (χ4n) is 5.34. The maximum absolute atomic E-state index is 12.8. The lowest BCUT2D eigenvalue weighted by molar-refractivity contribution is -0.129. The van der Waals surface area contributed by atoms with Crippen LogP contribution in [0.1, 0.15) is 49.8 Å². The summed E-state index contributed by atoms with van der Waals surface area (Å²) < 4.78 is 2.06. The Morgan fingerprint density at radius 3 is 2.78 bits per heavy atom. The van der Waals surface area contributed by atoms with Crippen LogP contribution in [0.15, 0.2) is 40.2 Å². The predicted octanol–water partition coefficient (Wildman–Crippen LogP) is 3.52. The average Bonchev–Trinajstić information content (AvgIpc) is 3.44. The second kappa shape index (κ2) is 7.32. The van der Waals surface area contributed by atoms with E-state index >= 15 is 0 Å². The minimum absolute atomic E-state index is 0.0780. The molecular weight excluding hydrogens is 404 g/mol. The Kier molecular flexibility index (Phi) is 4.41. The van der Waals surface area contributed by atoms with E-state index in [0.717, 1.165) is 41.7 Å². The lowest BCUT2D eigenvalue weighted by atomic mass is 9.83. The van der Waals surface area contributed by atoms with Gasteiger partial charge in [0.1, 0.15) is 5.39 Å². The van der Waals surface area contributed by atoms with E-state index in [1.165, 1.54) is 18.6 Å². The fourth-order valence-corrected chi connectivity index (χ4v) is 5.34. The molecule has 32 heavy (non-hydrogen) atoms. The fraction of sp³-hybridized carbons (Fsp3) is 0.417. The molecule has 0 unspecified atom stereocenters. The van der Waals surface area contributed by atoms with Crippen molar-refractivity contribution in [2.45, 2.75) is 51.7 Å². The number of benzene rings is 1. The van der Waals surface area contributed by atoms with Crippen molar-refractivity contribution < 1.29 is 4.79 Å². The van der Waals surface area contributed by atoms with Crippen LogP contribution in [-0.4, -0.2) is 37.8 Å². The molecule has 8 nitrogen and oxygen atoms in total. The number of H-pyrrole nitrogens is 1. The maximum Gasteiger partial charge on any atom is 0.261 e. The second-order valence-corrected chi connectivity index (χ2v) is 9.11. The second-order valence-electron chi connectivity index (χ2n) is 9.11. The third-order valence-electron chi connectivity index (χ3n) is 7.08. The van der Waals surface area contributed by atoms with Gasteiger partial charge in [-0.15, -0.1) is 0 Å². The molecule has 0 radical (unpaired) electrons. The number of nitrogens with one attached hydrogen (secondary N) is 2. The summed E-state index contributed by atoms with van der Waals surface area (Å²) in [7, 11) is 0. The van der Waals surface area contributed by atoms with Gasteiger partial charge in [-0.1, -0.05) is 18.9 Å². The third kappa shape index (κ3) is 3.21. The van der Waals surface area contributed by atoms with Gasteiger partial charge in [0.05, 0.1) is 18.1 Å². The Morgan fingerprint density at radius 2 is 1.97 bits per heavy atom. The van der Waals surface area contributed by atoms with Gasteiger partial charge in [-0.3, -0.25) is 19.3 Å². The highest BCUT2D eigenvalue weighted by molar-refractivity contribution is 5.99. The average molecular weight is 431 g/mol. The molecule has 2 aliphatic heterocycles. The molecule has 2 aromatic heterocycles. The summed E-state index contributed by atoms with van der Waals surface area (Å²) >= 11 is 0. The third-order valence-corrected chi connectivity index (χ3v) is 7.08. The van der Waals surface area contributed by atoms with E-state index in [1.807, 2.05) is 23.1 Å². The van der Waals surface area contributed by atoms with Crippen molar-refractivity contribution in [3.63, 3.8) is 0 Å². The largest absolute Gasteiger partial charge is 0.338 e. The first-order valence-electron chi connectivity index (χ1n) is 11.4. The zero-order chi connectivity index (χ0) is 21.8. The van der Waals surface area contributed by atoms with Crippen molar-refractivity contribution in [3.05, 3.63) is 51.9 Å². The highest BCUT2D eigenvalue weighted by Crippen LogP contribution is 2.39. The monoisotopic (exact) mass is 430 g/mol. The van der Waals surface area contributed by atoms with Crippen molar-refractivity contribution in [1.82, 2.24) is 19.7 Å². The summed E-state index contributed by atoms with van der Waals surface area (Å²) in [5, 5.41) is 8.91. The van der Waals surface area contributed by atoms with E-state index in [1.54, 1.807) is 13.1 Å². The number of rotatable bonds is 4. The summed E-state index contributed by atoms with van der Waals surface area (Å²) in [6.45, 7) is 3.73. The van der Waals surface area contributed by atoms with Crippen molar-refractivity contribution in [2.75, 3.05) is 11.9 Å². The van der Waals surface area contributed by atoms with Gasteiger partial charge in [-0.2, -0.15) is 5.10 Å². The van der Waals surface area contributed by atoms with Gasteiger partial charge >= 0.3 is 0 Å². The molecule has 1 amide bonds. The number of hydrogen-bond acceptors (Lipinski definition) is 5. The van der Waals surface area contributed by atoms with Gasteiger partial charge in [-0.25, -0.2) is 0 Å². The van der Waals surface area contributed by atoms with Gasteiger partial charge in [0.15, 0.2) is 5.82 Å². The van der Waals surface area contributed by atoms with Crippen LogP contribution in [0.25, 0.3) is 10.9 Å². The molecule has 0 saturated heterocycles. The Labute approximate surface area is 185 Å². The zero-order valence-electron chi connectivity index (χ0n) is 18.1. The van der Waals surface area contributed by atoms with E-state index in [-0.39, 0.29) is 17.5 Å². The first-order chi connectivity index (χ1) is 15.6. The number of amides is 1. The van der Waals surface area contributed by atoms with Gasteiger partial charge in [0, 0.05) is 43.5 Å². The standard InChI is InChI=1S/C24H26N6O2/c1-14(31)29-12-15-6-7-17(10-16(15)13-29)27-23-22-21(8-9-25-24(22)32)30(28-23)20-5-3-2-4-18(20)19-11-26-19/h6-10,18,20H,2-5,11-13H2,1H3,(H,25,32)(H,27,28)/t18-,20+/m1/s1. The van der Waals surface area contributed by atoms with Crippen LogP contribution < -0.4 is 10.9 Å². The van der Waals surface area contributed by atoms with Crippen molar-refractivity contribution in [2.24, 2.45) is 10.9 Å². The van der Waals surface area contributed by atoms with E-state index in [0.29, 0.717) is 30.2 Å². The minimum atomic E-state index is -0.142. The van der Waals surface area contributed by atoms with E-state index in [4.69, 9.17) is 5.10 Å². The molecule has 3 aliphatic rings. The number of aromatic nitrogens is 3. The van der Waals surface area contributed by atoms with E-state index in [9.17, 15) is 9.59 Å². The molecule has 1 aliphatic carbocycles. The Bertz CT molecular complexity index is 1320. The number of aliphatic imine (C=N–C) groups is 1. The lowest BCUT2D eigenvalue weighted by Crippen LogP contribution is -2.27. The van der Waals surface area contributed by atoms with Crippen LogP contribution >= 0.6 is 0 Å². The van der Waals surface area contributed by atoms with Gasteiger partial charge in [0.25, 0.3) is 5.56 Å². The molecule has 0 bridgehead atoms. The number of nitrogens with zero attached hydrogens (tertiary/aromatic N) is 4. The van der Waals surface area contributed by atoms with Crippen LogP contribution in [0, 0.1) is 5.92 Å². The number of pyridine rings is 1. The molecule has 6 rings (SSSR count). The van der Waals surface area contributed by atoms with Gasteiger partial charge in [-0.05, 0) is 42.2 Å². The SMILES string of the molecule is CC(=O)N1Cc2ccc(Nc3nn([C@H]4CCCC[C@@H]4C4=NC4)c4cc[nH]c(=O)c34)cc2C1. The summed E-state index contributed by atoms with van der Waals surface area (Å²) in [6.07, 6.45) is 6.27. The first-order valence-corrected chi connectivity index (χ1v) is 11.4. The Morgan fingerprint density at radius 1 is 1.16 bits per heavy atom. The smallest absolute Gasteiger partial charge is 0.261 e. The molecule has 1 fully saturated rings. The molecule has 1 saturated carbocycles. The number of anilines is 2. The van der Waals surface area contributed by atoms with Crippen LogP contribution in [0.5, 0.6) is 0 Å². The molecule has 164 valence electrons. The highest BCUT2D eigenvalue weighted by atomic mass is 16.2. The van der Waals surface area contributed by atoms with Crippen LogP contribution in [0.2, 0.25) is 0 Å². The lowest BCUT2D eigenvalue weighted by Gasteiger charge is -2.30. The van der Waals surface area contributed by atoms with Crippen LogP contribution in [0.3, 0.4) is 0 Å². The molecule has 2 atom stereocenters. The van der Waals surface area contributed by atoms with Crippen molar-refractivity contribution >= 4 is 34.0 Å². The molecule has 8 heteroatoms. The molecule has 4 heterocycles. The van der Waals surface area contributed by atoms with Crippen LogP contribution in [0.4, 0.5) is 11.5 Å². The molecule has 3 aromatic rings. The molecule has 2 N–H and O–H groups in total. The Balaban J connectivity index is 1.38. The molecule has 1 aromatic carbocycles. The number of carbonyl (C=O) groups excluding carboxylic acids is 1. The molecule has 0 spiro atoms. The Hall–Kier alpha value is -3.42. The van der Waals surface area contributed by atoms with Gasteiger partial charge in [0.2, 0.25) is 5.91 Å². The summed E-state index contributed by atoms with van der Waals surface area (Å²) in [4.78, 5) is 33.7. The highest BCUT2D eigenvalue weighted by Gasteiger charge is 2.35. The normalized spacial score (nSPS) is 22.0. The number of aromatic amines is 1. The van der Waals surface area contributed by atoms with Gasteiger partial charge < -0.3 is 15.2 Å². The predicted molar refractivity (Wildman–Crippen MR) is 123 cm³/mol. The maximum atomic E-state index is 12.8. The summed E-state index contributed by atoms with van der Waals surface area (Å²) in [6, 6.07) is 8.28.